The quantitative estimate of drug-likeness (QED) is 0.770. The molecule has 3 rings (SSSR count). The number of ether oxygens (including phenoxy) is 1. The van der Waals surface area contributed by atoms with Crippen LogP contribution in [0.1, 0.15) is 5.56 Å². The molecule has 4 nitrogen and oxygen atoms in total. The molecule has 21 heavy (non-hydrogen) atoms. The fourth-order valence-corrected chi connectivity index (χ4v) is 2.36. The topological polar surface area (TPSA) is 54.1 Å². The van der Waals surface area contributed by atoms with Crippen molar-refractivity contribution in [2.24, 2.45) is 0 Å². The zero-order chi connectivity index (χ0) is 14.7. The molecular weight excluding hydrogens is 264 g/mol. The van der Waals surface area contributed by atoms with Gasteiger partial charge in [-0.05, 0) is 23.8 Å². The number of aromatic amines is 1. The average molecular weight is 280 g/mol. The minimum Gasteiger partial charge on any atom is -0.497 e. The molecule has 106 valence electrons. The van der Waals surface area contributed by atoms with Crippen molar-refractivity contribution in [2.45, 2.75) is 6.42 Å². The van der Waals surface area contributed by atoms with Crippen molar-refractivity contribution < 1.29 is 9.53 Å². The van der Waals surface area contributed by atoms with Gasteiger partial charge < -0.3 is 15.0 Å². The Morgan fingerprint density at radius 1 is 1.19 bits per heavy atom. The van der Waals surface area contributed by atoms with E-state index < -0.39 is 0 Å². The largest absolute Gasteiger partial charge is 0.497 e. The van der Waals surface area contributed by atoms with Gasteiger partial charge in [0.05, 0.1) is 13.5 Å². The van der Waals surface area contributed by atoms with E-state index in [4.69, 9.17) is 4.74 Å². The zero-order valence-corrected chi connectivity index (χ0v) is 11.7. The third-order valence-electron chi connectivity index (χ3n) is 3.38. The lowest BCUT2D eigenvalue weighted by molar-refractivity contribution is -0.115. The first-order valence-electron chi connectivity index (χ1n) is 6.75. The van der Waals surface area contributed by atoms with Gasteiger partial charge in [-0.25, -0.2) is 0 Å². The normalized spacial score (nSPS) is 10.5. The molecule has 0 unspecified atom stereocenters. The highest BCUT2D eigenvalue weighted by Gasteiger charge is 2.09. The van der Waals surface area contributed by atoms with Gasteiger partial charge >= 0.3 is 0 Å². The Kier molecular flexibility index (Phi) is 3.60. The van der Waals surface area contributed by atoms with Gasteiger partial charge in [-0.15, -0.1) is 0 Å². The van der Waals surface area contributed by atoms with Crippen LogP contribution in [0, 0.1) is 0 Å². The predicted octanol–water partition coefficient (Wildman–Crippen LogP) is 3.36. The second kappa shape index (κ2) is 5.71. The van der Waals surface area contributed by atoms with Crippen LogP contribution >= 0.6 is 0 Å². The molecule has 0 fully saturated rings. The number of hydrogen-bond acceptors (Lipinski definition) is 2. The van der Waals surface area contributed by atoms with E-state index in [1.807, 2.05) is 48.7 Å². The van der Waals surface area contributed by atoms with E-state index in [-0.39, 0.29) is 5.91 Å². The number of aromatic nitrogens is 1. The second-order valence-electron chi connectivity index (χ2n) is 4.82. The molecule has 0 aliphatic heterocycles. The van der Waals surface area contributed by atoms with Crippen LogP contribution in [-0.2, 0) is 11.2 Å². The van der Waals surface area contributed by atoms with Gasteiger partial charge in [-0.1, -0.05) is 24.3 Å². The number of H-pyrrole nitrogens is 1. The predicted molar refractivity (Wildman–Crippen MR) is 83.6 cm³/mol. The van der Waals surface area contributed by atoms with Gasteiger partial charge in [-0.2, -0.15) is 0 Å². The highest BCUT2D eigenvalue weighted by atomic mass is 16.5. The molecule has 0 saturated carbocycles. The number of carbonyl (C=O) groups excluding carboxylic acids is 1. The first kappa shape index (κ1) is 13.2. The van der Waals surface area contributed by atoms with E-state index in [9.17, 15) is 4.79 Å². The van der Waals surface area contributed by atoms with Gasteiger partial charge in [0.1, 0.15) is 5.75 Å². The number of benzene rings is 2. The van der Waals surface area contributed by atoms with E-state index in [1.165, 1.54) is 0 Å². The van der Waals surface area contributed by atoms with Gasteiger partial charge in [0.25, 0.3) is 0 Å². The molecule has 1 amide bonds. The monoisotopic (exact) mass is 280 g/mol. The van der Waals surface area contributed by atoms with Crippen molar-refractivity contribution >= 4 is 22.5 Å². The van der Waals surface area contributed by atoms with Crippen LogP contribution in [0.2, 0.25) is 0 Å². The average Bonchev–Trinajstić information content (AvgIpc) is 2.91. The molecule has 0 atom stereocenters. The van der Waals surface area contributed by atoms with Crippen molar-refractivity contribution in [3.05, 3.63) is 60.3 Å². The standard InChI is InChI=1S/C17H16N2O2/c1-21-14-6-4-5-13(10-14)19-17(20)9-12-11-18-16-8-3-2-7-15(12)16/h2-8,10-11,18H,9H2,1H3,(H,19,20). The fourth-order valence-electron chi connectivity index (χ4n) is 2.36. The number of methoxy groups -OCH3 is 1. The van der Waals surface area contributed by atoms with Crippen molar-refractivity contribution in [3.8, 4) is 5.75 Å². The van der Waals surface area contributed by atoms with Crippen molar-refractivity contribution in [1.82, 2.24) is 4.98 Å². The van der Waals surface area contributed by atoms with E-state index in [0.29, 0.717) is 6.42 Å². The maximum atomic E-state index is 12.2. The Morgan fingerprint density at radius 2 is 2.05 bits per heavy atom. The smallest absolute Gasteiger partial charge is 0.228 e. The summed E-state index contributed by atoms with van der Waals surface area (Å²) in [4.78, 5) is 15.3. The zero-order valence-electron chi connectivity index (χ0n) is 11.7. The first-order valence-corrected chi connectivity index (χ1v) is 6.75. The number of anilines is 1. The fraction of sp³-hybridized carbons (Fsp3) is 0.118. The number of nitrogens with one attached hydrogen (secondary N) is 2. The SMILES string of the molecule is COc1cccc(NC(=O)Cc2c[nH]c3ccccc23)c1. The molecule has 3 aromatic rings. The van der Waals surface area contributed by atoms with Crippen LogP contribution in [0.25, 0.3) is 10.9 Å². The number of hydrogen-bond donors (Lipinski definition) is 2. The lowest BCUT2D eigenvalue weighted by Gasteiger charge is -2.06. The number of carbonyl (C=O) groups is 1. The van der Waals surface area contributed by atoms with E-state index in [1.54, 1.807) is 13.2 Å². The summed E-state index contributed by atoms with van der Waals surface area (Å²) in [7, 11) is 1.60. The molecule has 4 heteroatoms. The van der Waals surface area contributed by atoms with E-state index in [0.717, 1.165) is 27.9 Å². The molecule has 0 bridgehead atoms. The minimum absolute atomic E-state index is 0.0481. The lowest BCUT2D eigenvalue weighted by Crippen LogP contribution is -2.14. The second-order valence-corrected chi connectivity index (χ2v) is 4.82. The van der Waals surface area contributed by atoms with Crippen molar-refractivity contribution in [2.75, 3.05) is 12.4 Å². The molecule has 0 radical (unpaired) electrons. The molecule has 1 heterocycles. The number of fused-ring (bicyclic) bond motifs is 1. The van der Waals surface area contributed by atoms with Gasteiger partial charge in [-0.3, -0.25) is 4.79 Å². The first-order chi connectivity index (χ1) is 10.3. The van der Waals surface area contributed by atoms with Gasteiger partial charge in [0.15, 0.2) is 0 Å². The third-order valence-corrected chi connectivity index (χ3v) is 3.38. The number of para-hydroxylation sites is 1. The molecule has 2 N–H and O–H groups in total. The maximum Gasteiger partial charge on any atom is 0.228 e. The summed E-state index contributed by atoms with van der Waals surface area (Å²) in [6.07, 6.45) is 2.22. The van der Waals surface area contributed by atoms with E-state index in [2.05, 4.69) is 10.3 Å². The Bertz CT molecular complexity index is 777. The van der Waals surface area contributed by atoms with Crippen molar-refractivity contribution in [3.63, 3.8) is 0 Å². The Balaban J connectivity index is 1.74. The summed E-state index contributed by atoms with van der Waals surface area (Å²) in [6, 6.07) is 15.3. The van der Waals surface area contributed by atoms with Crippen LogP contribution in [0.3, 0.4) is 0 Å². The molecule has 0 aliphatic rings. The molecule has 0 spiro atoms. The van der Waals surface area contributed by atoms with Crippen LogP contribution in [-0.4, -0.2) is 18.0 Å². The summed E-state index contributed by atoms with van der Waals surface area (Å²) in [5.41, 5.74) is 2.77. The summed E-state index contributed by atoms with van der Waals surface area (Å²) in [5, 5.41) is 3.97. The molecule has 0 aliphatic carbocycles. The lowest BCUT2D eigenvalue weighted by atomic mass is 10.1. The summed E-state index contributed by atoms with van der Waals surface area (Å²) in [6.45, 7) is 0. The van der Waals surface area contributed by atoms with Gasteiger partial charge in [0, 0.05) is 28.9 Å². The Labute approximate surface area is 122 Å². The van der Waals surface area contributed by atoms with Crippen LogP contribution in [0.15, 0.2) is 54.7 Å². The molecule has 1 aromatic heterocycles. The summed E-state index contributed by atoms with van der Waals surface area (Å²) < 4.78 is 5.14. The van der Waals surface area contributed by atoms with Crippen molar-refractivity contribution in [1.29, 1.82) is 0 Å². The Hall–Kier alpha value is -2.75. The molecular formula is C17H16N2O2. The van der Waals surface area contributed by atoms with Crippen LogP contribution in [0.5, 0.6) is 5.75 Å². The molecule has 0 saturated heterocycles. The minimum atomic E-state index is -0.0481. The molecule has 2 aromatic carbocycles. The summed E-state index contributed by atoms with van der Waals surface area (Å²) >= 11 is 0. The Morgan fingerprint density at radius 3 is 2.90 bits per heavy atom. The highest BCUT2D eigenvalue weighted by molar-refractivity contribution is 5.95. The van der Waals surface area contributed by atoms with Crippen LogP contribution in [0.4, 0.5) is 5.69 Å². The highest BCUT2D eigenvalue weighted by Crippen LogP contribution is 2.20. The summed E-state index contributed by atoms with van der Waals surface area (Å²) in [5.74, 6) is 0.674. The van der Waals surface area contributed by atoms with Gasteiger partial charge in [0.2, 0.25) is 5.91 Å². The number of rotatable bonds is 4. The number of amides is 1. The van der Waals surface area contributed by atoms with E-state index >= 15 is 0 Å². The van der Waals surface area contributed by atoms with Crippen LogP contribution < -0.4 is 10.1 Å². The third kappa shape index (κ3) is 2.89. The maximum absolute atomic E-state index is 12.2.